The van der Waals surface area contributed by atoms with E-state index in [1.165, 1.54) is 23.4 Å². The molecular formula is C14H15N3O4. The molecular weight excluding hydrogens is 274 g/mol. The minimum atomic E-state index is -1.07. The summed E-state index contributed by atoms with van der Waals surface area (Å²) < 4.78 is 0. The molecule has 0 atom stereocenters. The number of carboxylic acids is 1. The number of amides is 2. The van der Waals surface area contributed by atoms with E-state index in [1.807, 2.05) is 0 Å². The molecule has 1 aliphatic heterocycles. The number of hydrogen-bond acceptors (Lipinski definition) is 4. The summed E-state index contributed by atoms with van der Waals surface area (Å²) in [5.41, 5.74) is 0.847. The van der Waals surface area contributed by atoms with Gasteiger partial charge in [-0.05, 0) is 24.1 Å². The molecule has 0 unspecified atom stereocenters. The monoisotopic (exact) mass is 289 g/mol. The molecule has 0 saturated carbocycles. The molecule has 2 rings (SSSR count). The number of rotatable bonds is 3. The van der Waals surface area contributed by atoms with Crippen LogP contribution in [0.5, 0.6) is 0 Å². The van der Waals surface area contributed by atoms with Gasteiger partial charge in [-0.15, -0.1) is 0 Å². The first kappa shape index (κ1) is 14.7. The van der Waals surface area contributed by atoms with Crippen LogP contribution < -0.4 is 5.32 Å². The van der Waals surface area contributed by atoms with Crippen LogP contribution >= 0.6 is 0 Å². The predicted octanol–water partition coefficient (Wildman–Crippen LogP) is 0.142. The lowest BCUT2D eigenvalue weighted by atomic mass is 10.1. The van der Waals surface area contributed by atoms with Crippen LogP contribution in [0.1, 0.15) is 22.3 Å². The highest BCUT2D eigenvalue weighted by Crippen LogP contribution is 2.09. The smallest absolute Gasteiger partial charge is 0.328 e. The Hall–Kier alpha value is -2.70. The number of carbonyl (C=O) groups is 3. The maximum atomic E-state index is 12.4. The zero-order valence-corrected chi connectivity index (χ0v) is 11.3. The molecule has 7 heteroatoms. The maximum absolute atomic E-state index is 12.4. The Bertz CT molecular complexity index is 598. The number of aliphatic carboxylic acids is 1. The van der Waals surface area contributed by atoms with E-state index in [0.29, 0.717) is 30.6 Å². The Morgan fingerprint density at radius 2 is 2.19 bits per heavy atom. The van der Waals surface area contributed by atoms with Gasteiger partial charge in [0.25, 0.3) is 5.91 Å². The third-order valence-corrected chi connectivity index (χ3v) is 2.97. The van der Waals surface area contributed by atoms with Gasteiger partial charge in [-0.3, -0.25) is 14.6 Å². The Labute approximate surface area is 121 Å². The van der Waals surface area contributed by atoms with Gasteiger partial charge in [0, 0.05) is 31.6 Å². The summed E-state index contributed by atoms with van der Waals surface area (Å²) in [5.74, 6) is -1.54. The van der Waals surface area contributed by atoms with Crippen LogP contribution in [0, 0.1) is 0 Å². The van der Waals surface area contributed by atoms with E-state index in [1.54, 1.807) is 6.07 Å². The molecule has 0 bridgehead atoms. The standard InChI is InChI=1S/C14H15N3O4/c18-12-9-17(5-1-4-16-12)14(21)11-6-10(7-15-8-11)2-3-13(19)20/h2-3,6-8H,1,4-5,9H2,(H,16,18)(H,19,20). The fourth-order valence-corrected chi connectivity index (χ4v) is 2.00. The van der Waals surface area contributed by atoms with Gasteiger partial charge in [0.1, 0.15) is 0 Å². The second kappa shape index (κ2) is 6.65. The summed E-state index contributed by atoms with van der Waals surface area (Å²) in [6, 6.07) is 1.55. The molecule has 1 fully saturated rings. The molecule has 1 saturated heterocycles. The molecule has 0 spiro atoms. The average molecular weight is 289 g/mol. The average Bonchev–Trinajstić information content (AvgIpc) is 2.69. The van der Waals surface area contributed by atoms with Crippen molar-refractivity contribution in [3.63, 3.8) is 0 Å². The summed E-state index contributed by atoms with van der Waals surface area (Å²) in [6.45, 7) is 1.07. The maximum Gasteiger partial charge on any atom is 0.328 e. The summed E-state index contributed by atoms with van der Waals surface area (Å²) in [5, 5.41) is 11.3. The van der Waals surface area contributed by atoms with Crippen molar-refractivity contribution in [2.75, 3.05) is 19.6 Å². The van der Waals surface area contributed by atoms with Crippen molar-refractivity contribution in [1.82, 2.24) is 15.2 Å². The minimum Gasteiger partial charge on any atom is -0.478 e. The molecule has 1 aromatic rings. The van der Waals surface area contributed by atoms with E-state index in [9.17, 15) is 14.4 Å². The number of nitrogens with one attached hydrogen (secondary N) is 1. The van der Waals surface area contributed by atoms with Crippen molar-refractivity contribution < 1.29 is 19.5 Å². The van der Waals surface area contributed by atoms with Gasteiger partial charge >= 0.3 is 5.97 Å². The highest BCUT2D eigenvalue weighted by Gasteiger charge is 2.21. The fraction of sp³-hybridized carbons (Fsp3) is 0.286. The molecule has 7 nitrogen and oxygen atoms in total. The molecule has 2 amide bonds. The van der Waals surface area contributed by atoms with Crippen LogP contribution in [0.15, 0.2) is 24.5 Å². The van der Waals surface area contributed by atoms with E-state index in [4.69, 9.17) is 5.11 Å². The van der Waals surface area contributed by atoms with Gasteiger partial charge in [-0.1, -0.05) is 0 Å². The lowest BCUT2D eigenvalue weighted by molar-refractivity contribution is -0.131. The minimum absolute atomic E-state index is 0.0219. The van der Waals surface area contributed by atoms with Gasteiger partial charge in [0.05, 0.1) is 12.1 Å². The normalized spacial score (nSPS) is 15.6. The first-order chi connectivity index (χ1) is 10.1. The Balaban J connectivity index is 2.16. The molecule has 21 heavy (non-hydrogen) atoms. The second-order valence-electron chi connectivity index (χ2n) is 4.61. The fourth-order valence-electron chi connectivity index (χ4n) is 2.00. The van der Waals surface area contributed by atoms with Crippen LogP contribution in [0.4, 0.5) is 0 Å². The van der Waals surface area contributed by atoms with Gasteiger partial charge in [-0.25, -0.2) is 4.79 Å². The van der Waals surface area contributed by atoms with Gasteiger partial charge in [0.15, 0.2) is 0 Å². The third-order valence-electron chi connectivity index (χ3n) is 2.97. The van der Waals surface area contributed by atoms with Crippen LogP contribution in [-0.4, -0.2) is 52.4 Å². The molecule has 1 aromatic heterocycles. The second-order valence-corrected chi connectivity index (χ2v) is 4.61. The zero-order chi connectivity index (χ0) is 15.2. The van der Waals surface area contributed by atoms with Crippen molar-refractivity contribution in [3.05, 3.63) is 35.7 Å². The van der Waals surface area contributed by atoms with Crippen molar-refractivity contribution in [1.29, 1.82) is 0 Å². The summed E-state index contributed by atoms with van der Waals surface area (Å²) in [7, 11) is 0. The number of aromatic nitrogens is 1. The van der Waals surface area contributed by atoms with E-state index in [-0.39, 0.29) is 18.4 Å². The Kier molecular flexibility index (Phi) is 4.65. The highest BCUT2D eigenvalue weighted by molar-refractivity contribution is 5.97. The van der Waals surface area contributed by atoms with E-state index in [2.05, 4.69) is 10.3 Å². The first-order valence-electron chi connectivity index (χ1n) is 6.48. The molecule has 110 valence electrons. The topological polar surface area (TPSA) is 99.6 Å². The SMILES string of the molecule is O=C(O)C=Cc1cncc(C(=O)N2CCCNC(=O)C2)c1. The molecule has 0 radical (unpaired) electrons. The number of hydrogen-bond donors (Lipinski definition) is 2. The van der Waals surface area contributed by atoms with Crippen molar-refractivity contribution in [2.24, 2.45) is 0 Å². The zero-order valence-electron chi connectivity index (χ0n) is 11.3. The summed E-state index contributed by atoms with van der Waals surface area (Å²) in [4.78, 5) is 39.7. The lowest BCUT2D eigenvalue weighted by Gasteiger charge is -2.18. The predicted molar refractivity (Wildman–Crippen MR) is 74.4 cm³/mol. The van der Waals surface area contributed by atoms with E-state index >= 15 is 0 Å². The summed E-state index contributed by atoms with van der Waals surface area (Å²) >= 11 is 0. The van der Waals surface area contributed by atoms with Gasteiger partial charge < -0.3 is 15.3 Å². The van der Waals surface area contributed by atoms with Gasteiger partial charge in [0.2, 0.25) is 5.91 Å². The number of carbonyl (C=O) groups excluding carboxylic acids is 2. The van der Waals surface area contributed by atoms with Crippen molar-refractivity contribution in [3.8, 4) is 0 Å². The molecule has 2 N–H and O–H groups in total. The molecule has 1 aliphatic rings. The Morgan fingerprint density at radius 1 is 1.38 bits per heavy atom. The van der Waals surface area contributed by atoms with Crippen LogP contribution in [0.25, 0.3) is 6.08 Å². The first-order valence-corrected chi connectivity index (χ1v) is 6.48. The van der Waals surface area contributed by atoms with Gasteiger partial charge in [-0.2, -0.15) is 0 Å². The van der Waals surface area contributed by atoms with E-state index in [0.717, 1.165) is 6.08 Å². The van der Waals surface area contributed by atoms with Crippen molar-refractivity contribution in [2.45, 2.75) is 6.42 Å². The summed E-state index contributed by atoms with van der Waals surface area (Å²) in [6.07, 6.45) is 5.91. The van der Waals surface area contributed by atoms with Crippen LogP contribution in [0.2, 0.25) is 0 Å². The third kappa shape index (κ3) is 4.13. The number of pyridine rings is 1. The largest absolute Gasteiger partial charge is 0.478 e. The molecule has 2 heterocycles. The number of nitrogens with zero attached hydrogens (tertiary/aromatic N) is 2. The van der Waals surface area contributed by atoms with Crippen LogP contribution in [-0.2, 0) is 9.59 Å². The van der Waals surface area contributed by atoms with Crippen LogP contribution in [0.3, 0.4) is 0 Å². The molecule has 0 aliphatic carbocycles. The quantitative estimate of drug-likeness (QED) is 0.771. The Morgan fingerprint density at radius 3 is 2.95 bits per heavy atom. The highest BCUT2D eigenvalue weighted by atomic mass is 16.4. The lowest BCUT2D eigenvalue weighted by Crippen LogP contribution is -2.37. The number of carboxylic acid groups (broad SMARTS) is 1. The van der Waals surface area contributed by atoms with Crippen molar-refractivity contribution >= 4 is 23.9 Å². The molecule has 0 aromatic carbocycles. The van der Waals surface area contributed by atoms with E-state index < -0.39 is 5.97 Å².